The number of fused-ring (bicyclic) bond motifs is 1. The first-order valence-electron chi connectivity index (χ1n) is 8.47. The van der Waals surface area contributed by atoms with E-state index in [0.717, 1.165) is 11.3 Å². The molecule has 1 aromatic heterocycles. The van der Waals surface area contributed by atoms with E-state index in [1.54, 1.807) is 18.2 Å². The van der Waals surface area contributed by atoms with E-state index >= 15 is 0 Å². The number of carbonyl (C=O) groups excluding carboxylic acids is 1. The number of amides is 1. The van der Waals surface area contributed by atoms with E-state index in [1.807, 2.05) is 24.0 Å². The number of carbonyl (C=O) groups is 1. The van der Waals surface area contributed by atoms with E-state index in [2.05, 4.69) is 22.4 Å². The van der Waals surface area contributed by atoms with Crippen molar-refractivity contribution < 1.29 is 9.18 Å². The number of nitrogens with one attached hydrogen (secondary N) is 1. The predicted octanol–water partition coefficient (Wildman–Crippen LogP) is 4.53. The highest BCUT2D eigenvalue weighted by molar-refractivity contribution is 7.15. The Morgan fingerprint density at radius 2 is 1.88 bits per heavy atom. The number of aromatic nitrogens is 1. The Bertz CT molecular complexity index is 969. The number of halogens is 1. The van der Waals surface area contributed by atoms with Crippen molar-refractivity contribution in [1.29, 1.82) is 0 Å². The summed E-state index contributed by atoms with van der Waals surface area (Å²) in [5, 5.41) is 3.49. The summed E-state index contributed by atoms with van der Waals surface area (Å²) in [5.74, 6) is -0.421. The number of rotatable bonds is 3. The van der Waals surface area contributed by atoms with Crippen LogP contribution in [0, 0.1) is 12.7 Å². The van der Waals surface area contributed by atoms with Crippen LogP contribution in [0.3, 0.4) is 0 Å². The van der Waals surface area contributed by atoms with Gasteiger partial charge in [0, 0.05) is 18.0 Å². The summed E-state index contributed by atoms with van der Waals surface area (Å²) >= 11 is 1.36. The lowest BCUT2D eigenvalue weighted by atomic mass is 10.00. The molecular formula is C20H18FN3OS. The molecule has 0 aliphatic carbocycles. The molecule has 2 heterocycles. The van der Waals surface area contributed by atoms with Crippen molar-refractivity contribution in [3.05, 3.63) is 76.0 Å². The minimum atomic E-state index is -0.346. The summed E-state index contributed by atoms with van der Waals surface area (Å²) in [6, 6.07) is 14.6. The topological polar surface area (TPSA) is 45.2 Å². The van der Waals surface area contributed by atoms with E-state index in [0.29, 0.717) is 29.6 Å². The Kier molecular flexibility index (Phi) is 4.42. The minimum absolute atomic E-state index is 0.0742. The summed E-state index contributed by atoms with van der Waals surface area (Å²) in [4.78, 5) is 20.0. The molecule has 132 valence electrons. The summed E-state index contributed by atoms with van der Waals surface area (Å²) < 4.78 is 13.8. The van der Waals surface area contributed by atoms with Crippen LogP contribution in [-0.4, -0.2) is 22.3 Å². The fourth-order valence-corrected chi connectivity index (χ4v) is 3.96. The van der Waals surface area contributed by atoms with E-state index < -0.39 is 0 Å². The number of para-hydroxylation sites is 1. The van der Waals surface area contributed by atoms with Gasteiger partial charge in [0.15, 0.2) is 5.13 Å². The maximum atomic E-state index is 13.8. The van der Waals surface area contributed by atoms with Crippen LogP contribution in [0.25, 0.3) is 0 Å². The Hall–Kier alpha value is -2.73. The Balaban J connectivity index is 1.54. The second-order valence-electron chi connectivity index (χ2n) is 6.27. The van der Waals surface area contributed by atoms with Crippen LogP contribution in [0.5, 0.6) is 0 Å². The van der Waals surface area contributed by atoms with Crippen LogP contribution in [0.2, 0.25) is 0 Å². The Labute approximate surface area is 155 Å². The van der Waals surface area contributed by atoms with Crippen LogP contribution in [0.1, 0.15) is 26.5 Å². The molecule has 0 bridgehead atoms. The second kappa shape index (κ2) is 6.88. The molecule has 1 amide bonds. The quantitative estimate of drug-likeness (QED) is 0.740. The zero-order valence-electron chi connectivity index (χ0n) is 14.3. The minimum Gasteiger partial charge on any atom is -0.333 e. The van der Waals surface area contributed by atoms with Gasteiger partial charge in [-0.25, -0.2) is 9.37 Å². The van der Waals surface area contributed by atoms with E-state index in [-0.39, 0.29) is 11.7 Å². The molecule has 0 saturated heterocycles. The Morgan fingerprint density at radius 1 is 1.15 bits per heavy atom. The molecule has 2 aromatic carbocycles. The van der Waals surface area contributed by atoms with Crippen molar-refractivity contribution in [1.82, 2.24) is 9.88 Å². The van der Waals surface area contributed by atoms with E-state index in [9.17, 15) is 9.18 Å². The summed E-state index contributed by atoms with van der Waals surface area (Å²) in [7, 11) is 0. The molecule has 1 aliphatic heterocycles. The molecule has 1 N–H and O–H groups in total. The standard InChI is InChI=1S/C20H18FN3OS/c1-13-18(23-20(26-13)22-17-9-5-4-8-16(17)21)19(25)24-11-10-14-6-2-3-7-15(14)12-24/h2-9H,10-12H2,1H3,(H,22,23). The van der Waals surface area contributed by atoms with Crippen molar-refractivity contribution in [3.63, 3.8) is 0 Å². The number of aryl methyl sites for hydroxylation is 1. The first-order valence-corrected chi connectivity index (χ1v) is 9.28. The lowest BCUT2D eigenvalue weighted by Gasteiger charge is -2.28. The third-order valence-electron chi connectivity index (χ3n) is 4.53. The highest BCUT2D eigenvalue weighted by atomic mass is 32.1. The second-order valence-corrected chi connectivity index (χ2v) is 7.48. The third kappa shape index (κ3) is 3.20. The van der Waals surface area contributed by atoms with Crippen molar-refractivity contribution in [3.8, 4) is 0 Å². The fourth-order valence-electron chi connectivity index (χ4n) is 3.14. The molecule has 0 unspecified atom stereocenters. The first kappa shape index (κ1) is 16.7. The molecule has 0 saturated carbocycles. The van der Waals surface area contributed by atoms with Gasteiger partial charge >= 0.3 is 0 Å². The number of anilines is 2. The molecule has 0 spiro atoms. The molecule has 0 fully saturated rings. The van der Waals surface area contributed by atoms with Crippen LogP contribution >= 0.6 is 11.3 Å². The highest BCUT2D eigenvalue weighted by Gasteiger charge is 2.25. The van der Waals surface area contributed by atoms with Gasteiger partial charge in [-0.05, 0) is 36.6 Å². The average Bonchev–Trinajstić information content (AvgIpc) is 3.03. The van der Waals surface area contributed by atoms with Gasteiger partial charge in [-0.15, -0.1) is 11.3 Å². The predicted molar refractivity (Wildman–Crippen MR) is 101 cm³/mol. The molecule has 3 aromatic rings. The number of hydrogen-bond acceptors (Lipinski definition) is 4. The van der Waals surface area contributed by atoms with Crippen molar-refractivity contribution in [2.45, 2.75) is 19.9 Å². The van der Waals surface area contributed by atoms with Crippen molar-refractivity contribution in [2.75, 3.05) is 11.9 Å². The summed E-state index contributed by atoms with van der Waals surface area (Å²) in [6.07, 6.45) is 0.853. The van der Waals surface area contributed by atoms with Gasteiger partial charge < -0.3 is 10.2 Å². The fraction of sp³-hybridized carbons (Fsp3) is 0.200. The van der Waals surface area contributed by atoms with Gasteiger partial charge in [-0.2, -0.15) is 0 Å². The molecular weight excluding hydrogens is 349 g/mol. The van der Waals surface area contributed by atoms with Gasteiger partial charge in [0.1, 0.15) is 11.5 Å². The van der Waals surface area contributed by atoms with Crippen LogP contribution in [-0.2, 0) is 13.0 Å². The number of thiazole rings is 1. The zero-order valence-corrected chi connectivity index (χ0v) is 15.1. The van der Waals surface area contributed by atoms with Crippen LogP contribution in [0.15, 0.2) is 48.5 Å². The summed E-state index contributed by atoms with van der Waals surface area (Å²) in [5.41, 5.74) is 3.28. The van der Waals surface area contributed by atoms with Gasteiger partial charge in [-0.3, -0.25) is 4.79 Å². The zero-order chi connectivity index (χ0) is 18.1. The van der Waals surface area contributed by atoms with Gasteiger partial charge in [0.2, 0.25) is 0 Å². The van der Waals surface area contributed by atoms with Gasteiger partial charge in [0.05, 0.1) is 5.69 Å². The van der Waals surface area contributed by atoms with E-state index in [4.69, 9.17) is 0 Å². The van der Waals surface area contributed by atoms with Crippen LogP contribution < -0.4 is 5.32 Å². The van der Waals surface area contributed by atoms with Gasteiger partial charge in [0.25, 0.3) is 5.91 Å². The lowest BCUT2D eigenvalue weighted by molar-refractivity contribution is 0.0729. The number of benzene rings is 2. The van der Waals surface area contributed by atoms with Crippen molar-refractivity contribution in [2.24, 2.45) is 0 Å². The van der Waals surface area contributed by atoms with E-state index in [1.165, 1.54) is 28.5 Å². The number of hydrogen-bond donors (Lipinski definition) is 1. The Morgan fingerprint density at radius 3 is 2.69 bits per heavy atom. The molecule has 0 atom stereocenters. The maximum Gasteiger partial charge on any atom is 0.274 e. The number of nitrogens with zero attached hydrogens (tertiary/aromatic N) is 2. The third-order valence-corrected chi connectivity index (χ3v) is 5.42. The van der Waals surface area contributed by atoms with Gasteiger partial charge in [-0.1, -0.05) is 36.4 Å². The summed E-state index contributed by atoms with van der Waals surface area (Å²) in [6.45, 7) is 3.15. The molecule has 4 nitrogen and oxygen atoms in total. The lowest BCUT2D eigenvalue weighted by Crippen LogP contribution is -2.36. The average molecular weight is 367 g/mol. The first-order chi connectivity index (χ1) is 12.6. The largest absolute Gasteiger partial charge is 0.333 e. The highest BCUT2D eigenvalue weighted by Crippen LogP contribution is 2.28. The van der Waals surface area contributed by atoms with Crippen LogP contribution in [0.4, 0.5) is 15.2 Å². The van der Waals surface area contributed by atoms with Crippen molar-refractivity contribution >= 4 is 28.1 Å². The SMILES string of the molecule is Cc1sc(Nc2ccccc2F)nc1C(=O)N1CCc2ccccc2C1. The molecule has 4 rings (SSSR count). The normalized spacial score (nSPS) is 13.4. The molecule has 6 heteroatoms. The molecule has 0 radical (unpaired) electrons. The maximum absolute atomic E-state index is 13.8. The molecule has 1 aliphatic rings. The smallest absolute Gasteiger partial charge is 0.274 e. The molecule has 26 heavy (non-hydrogen) atoms. The monoisotopic (exact) mass is 367 g/mol.